The first-order valence-electron chi connectivity index (χ1n) is 16.6. The summed E-state index contributed by atoms with van der Waals surface area (Å²) in [6.45, 7) is 1.82. The number of para-hydroxylation sites is 1. The molecule has 2 heterocycles. The number of amides is 3. The molecule has 0 spiro atoms. The first-order chi connectivity index (χ1) is 24.8. The zero-order valence-electron chi connectivity index (χ0n) is 28.2. The molecule has 0 radical (unpaired) electrons. The second kappa shape index (κ2) is 16.4. The Kier molecular flexibility index (Phi) is 11.4. The van der Waals surface area contributed by atoms with Crippen LogP contribution in [0.3, 0.4) is 0 Å². The van der Waals surface area contributed by atoms with Crippen LogP contribution >= 0.6 is 23.1 Å². The van der Waals surface area contributed by atoms with Gasteiger partial charge in [0.05, 0.1) is 23.5 Å². The summed E-state index contributed by atoms with van der Waals surface area (Å²) in [5, 5.41) is 18.6. The molecular formula is C40H36N4O5S2. The lowest BCUT2D eigenvalue weighted by molar-refractivity contribution is -0.115. The van der Waals surface area contributed by atoms with Crippen molar-refractivity contribution < 1.29 is 23.5 Å². The Bertz CT molecular complexity index is 2110. The lowest BCUT2D eigenvalue weighted by atomic mass is 10.1. The molecule has 9 nitrogen and oxygen atoms in total. The number of hydrogen-bond donors (Lipinski definition) is 3. The molecule has 0 fully saturated rings. The van der Waals surface area contributed by atoms with E-state index in [4.69, 9.17) is 9.15 Å². The number of ether oxygens (including phenoxy) is 1. The molecule has 0 bridgehead atoms. The number of anilines is 2. The van der Waals surface area contributed by atoms with E-state index in [2.05, 4.69) is 22.0 Å². The molecule has 3 amide bonds. The highest BCUT2D eigenvalue weighted by molar-refractivity contribution is 8.00. The minimum atomic E-state index is -0.551. The van der Waals surface area contributed by atoms with E-state index < -0.39 is 17.1 Å². The van der Waals surface area contributed by atoms with E-state index in [-0.39, 0.29) is 11.6 Å². The van der Waals surface area contributed by atoms with Crippen LogP contribution in [0.5, 0.6) is 5.75 Å². The molecule has 6 rings (SSSR count). The molecule has 0 saturated heterocycles. The van der Waals surface area contributed by atoms with Crippen LogP contribution in [0.2, 0.25) is 0 Å². The third-order valence-corrected chi connectivity index (χ3v) is 10.7. The largest absolute Gasteiger partial charge is 0.496 e. The average molecular weight is 717 g/mol. The van der Waals surface area contributed by atoms with Gasteiger partial charge >= 0.3 is 0 Å². The van der Waals surface area contributed by atoms with Gasteiger partial charge in [0.1, 0.15) is 34.0 Å². The van der Waals surface area contributed by atoms with Gasteiger partial charge in [-0.15, -0.1) is 23.1 Å². The van der Waals surface area contributed by atoms with Crippen LogP contribution in [0, 0.1) is 11.3 Å². The van der Waals surface area contributed by atoms with E-state index in [1.165, 1.54) is 34.1 Å². The molecule has 11 heteroatoms. The SMILES string of the molecule is COc1ccccc1-c1ccc(/C=C(/NC(=O)c2ccccc2)C(=O)Nc2ccc(S[C@H](C)C(=O)Nc3sc4c(c3C#N)CCCCC4)cc2)o1. The number of hydrogen-bond acceptors (Lipinski definition) is 8. The van der Waals surface area contributed by atoms with E-state index in [1.54, 1.807) is 61.7 Å². The first-order valence-corrected chi connectivity index (χ1v) is 18.3. The fraction of sp³-hybridized carbons (Fsp3) is 0.200. The summed E-state index contributed by atoms with van der Waals surface area (Å²) in [4.78, 5) is 41.9. The number of nitriles is 1. The van der Waals surface area contributed by atoms with Gasteiger partial charge < -0.3 is 25.1 Å². The van der Waals surface area contributed by atoms with Crippen molar-refractivity contribution in [3.8, 4) is 23.1 Å². The molecule has 0 unspecified atom stereocenters. The highest BCUT2D eigenvalue weighted by Gasteiger charge is 2.23. The number of aryl methyl sites for hydroxylation is 1. The molecule has 3 aromatic carbocycles. The van der Waals surface area contributed by atoms with Crippen LogP contribution in [0.25, 0.3) is 17.4 Å². The molecule has 1 aliphatic carbocycles. The Hall–Kier alpha value is -5.57. The monoisotopic (exact) mass is 716 g/mol. The lowest BCUT2D eigenvalue weighted by Gasteiger charge is -2.13. The third kappa shape index (κ3) is 8.60. The Labute approximate surface area is 304 Å². The molecule has 3 N–H and O–H groups in total. The van der Waals surface area contributed by atoms with Gasteiger partial charge in [0.25, 0.3) is 11.8 Å². The van der Waals surface area contributed by atoms with Gasteiger partial charge in [-0.25, -0.2) is 0 Å². The Balaban J connectivity index is 1.14. The smallest absolute Gasteiger partial charge is 0.272 e. The van der Waals surface area contributed by atoms with Crippen molar-refractivity contribution in [3.05, 3.63) is 124 Å². The lowest BCUT2D eigenvalue weighted by Crippen LogP contribution is -2.30. The topological polar surface area (TPSA) is 133 Å². The minimum absolute atomic E-state index is 0.0175. The van der Waals surface area contributed by atoms with E-state index in [0.717, 1.165) is 48.1 Å². The fourth-order valence-electron chi connectivity index (χ4n) is 5.74. The van der Waals surface area contributed by atoms with Crippen molar-refractivity contribution in [2.24, 2.45) is 0 Å². The summed E-state index contributed by atoms with van der Waals surface area (Å²) in [6, 6.07) is 28.9. The number of rotatable bonds is 11. The molecule has 0 saturated carbocycles. The summed E-state index contributed by atoms with van der Waals surface area (Å²) in [5.74, 6) is 0.352. The predicted molar refractivity (Wildman–Crippen MR) is 202 cm³/mol. The quantitative estimate of drug-likeness (QED) is 0.0708. The fourth-order valence-corrected chi connectivity index (χ4v) is 7.85. The van der Waals surface area contributed by atoms with Gasteiger partial charge in [-0.05, 0) is 98.8 Å². The maximum Gasteiger partial charge on any atom is 0.272 e. The molecular weight excluding hydrogens is 681 g/mol. The average Bonchev–Trinajstić information content (AvgIpc) is 3.68. The van der Waals surface area contributed by atoms with Crippen LogP contribution in [0.15, 0.2) is 106 Å². The number of benzene rings is 3. The molecule has 1 atom stereocenters. The molecule has 5 aromatic rings. The standard InChI is InChI=1S/C40H36N4O5S2/c1-25(37(45)44-40-32(24-41)30-13-7-4-8-16-36(30)51-40)50-29-20-17-27(18-21-29)42-39(47)33(43-38(46)26-11-5-3-6-12-26)23-28-19-22-35(49-28)31-14-9-10-15-34(31)48-2/h3,5-6,9-12,14-15,17-23,25H,4,7-8,13,16H2,1-2H3,(H,42,47)(H,43,46)(H,44,45)/b33-23+/t25-/m1/s1. The second-order valence-electron chi connectivity index (χ2n) is 11.9. The third-order valence-electron chi connectivity index (χ3n) is 8.38. The molecule has 51 heavy (non-hydrogen) atoms. The van der Waals surface area contributed by atoms with Gasteiger partial charge in [0.2, 0.25) is 5.91 Å². The van der Waals surface area contributed by atoms with Crippen molar-refractivity contribution in [2.75, 3.05) is 17.7 Å². The van der Waals surface area contributed by atoms with Gasteiger partial charge in [-0.1, -0.05) is 36.8 Å². The number of nitrogens with one attached hydrogen (secondary N) is 3. The summed E-state index contributed by atoms with van der Waals surface area (Å²) in [6.07, 6.45) is 6.62. The molecule has 1 aliphatic rings. The van der Waals surface area contributed by atoms with Crippen molar-refractivity contribution in [1.82, 2.24) is 5.32 Å². The van der Waals surface area contributed by atoms with Crippen molar-refractivity contribution in [3.63, 3.8) is 0 Å². The highest BCUT2D eigenvalue weighted by atomic mass is 32.2. The van der Waals surface area contributed by atoms with E-state index in [9.17, 15) is 19.6 Å². The summed E-state index contributed by atoms with van der Waals surface area (Å²) < 4.78 is 11.5. The van der Waals surface area contributed by atoms with Crippen LogP contribution < -0.4 is 20.7 Å². The Morgan fingerprint density at radius 2 is 1.67 bits per heavy atom. The van der Waals surface area contributed by atoms with Crippen LogP contribution in [0.1, 0.15) is 58.3 Å². The number of fused-ring (bicyclic) bond motifs is 1. The number of thiophene rings is 1. The predicted octanol–water partition coefficient (Wildman–Crippen LogP) is 8.69. The van der Waals surface area contributed by atoms with Gasteiger partial charge in [0, 0.05) is 27.1 Å². The Morgan fingerprint density at radius 3 is 2.43 bits per heavy atom. The summed E-state index contributed by atoms with van der Waals surface area (Å²) in [5.41, 5.74) is 3.30. The number of carbonyl (C=O) groups is 3. The normalized spacial score (nSPS) is 13.2. The number of furan rings is 1. The Morgan fingerprint density at radius 1 is 0.922 bits per heavy atom. The summed E-state index contributed by atoms with van der Waals surface area (Å²) >= 11 is 2.89. The van der Waals surface area contributed by atoms with Crippen LogP contribution in [-0.4, -0.2) is 30.1 Å². The van der Waals surface area contributed by atoms with E-state index in [1.807, 2.05) is 43.3 Å². The van der Waals surface area contributed by atoms with Crippen molar-refractivity contribution in [1.29, 1.82) is 5.26 Å². The van der Waals surface area contributed by atoms with Crippen molar-refractivity contribution in [2.45, 2.75) is 49.2 Å². The first kappa shape index (κ1) is 35.3. The summed E-state index contributed by atoms with van der Waals surface area (Å²) in [7, 11) is 1.58. The number of carbonyl (C=O) groups excluding carboxylic acids is 3. The van der Waals surface area contributed by atoms with Crippen LogP contribution in [-0.2, 0) is 22.4 Å². The maximum atomic E-state index is 13.6. The van der Waals surface area contributed by atoms with E-state index >= 15 is 0 Å². The number of nitrogens with zero attached hydrogens (tertiary/aromatic N) is 1. The highest BCUT2D eigenvalue weighted by Crippen LogP contribution is 2.38. The minimum Gasteiger partial charge on any atom is -0.496 e. The van der Waals surface area contributed by atoms with Gasteiger partial charge in [-0.2, -0.15) is 5.26 Å². The van der Waals surface area contributed by atoms with Gasteiger partial charge in [0.15, 0.2) is 0 Å². The second-order valence-corrected chi connectivity index (χ2v) is 14.4. The zero-order valence-corrected chi connectivity index (χ0v) is 29.8. The molecule has 2 aromatic heterocycles. The number of thioether (sulfide) groups is 1. The maximum absolute atomic E-state index is 13.6. The van der Waals surface area contributed by atoms with Crippen molar-refractivity contribution >= 4 is 57.6 Å². The zero-order chi connectivity index (χ0) is 35.7. The molecule has 258 valence electrons. The van der Waals surface area contributed by atoms with Crippen LogP contribution in [0.4, 0.5) is 10.7 Å². The van der Waals surface area contributed by atoms with Gasteiger partial charge in [-0.3, -0.25) is 14.4 Å². The number of methoxy groups -OCH3 is 1. The molecule has 0 aliphatic heterocycles. The van der Waals surface area contributed by atoms with E-state index in [0.29, 0.717) is 39.1 Å².